The number of carboxylic acids is 1. The maximum atomic E-state index is 11.0. The number of hydrogen-bond acceptors (Lipinski definition) is 2. The Kier molecular flexibility index (Phi) is 3.90. The van der Waals surface area contributed by atoms with E-state index in [4.69, 9.17) is 5.11 Å². The van der Waals surface area contributed by atoms with Crippen molar-refractivity contribution in [1.82, 2.24) is 0 Å². The highest BCUT2D eigenvalue weighted by molar-refractivity contribution is 9.10. The highest BCUT2D eigenvalue weighted by Crippen LogP contribution is 2.47. The minimum Gasteiger partial charge on any atom is -0.481 e. The number of thioether (sulfide) groups is 1. The molecule has 0 spiro atoms. The van der Waals surface area contributed by atoms with E-state index in [1.165, 1.54) is 36.1 Å². The van der Waals surface area contributed by atoms with E-state index >= 15 is 0 Å². The third kappa shape index (κ3) is 3.54. The Morgan fingerprint density at radius 2 is 2.11 bits per heavy atom. The molecule has 0 radical (unpaired) electrons. The highest BCUT2D eigenvalue weighted by Gasteiger charge is 2.34. The number of rotatable bonds is 6. The number of carbonyl (C=O) groups is 1. The van der Waals surface area contributed by atoms with Crippen molar-refractivity contribution in [3.8, 4) is 0 Å². The molecule has 19 heavy (non-hydrogen) atoms. The Hall–Kier alpha value is -0.480. The first kappa shape index (κ1) is 13.5. The van der Waals surface area contributed by atoms with E-state index < -0.39 is 5.97 Å². The maximum Gasteiger partial charge on any atom is 0.303 e. The van der Waals surface area contributed by atoms with E-state index in [0.717, 1.165) is 9.72 Å². The molecule has 2 fully saturated rings. The van der Waals surface area contributed by atoms with Gasteiger partial charge in [0.1, 0.15) is 0 Å². The average molecular weight is 341 g/mol. The zero-order valence-corrected chi connectivity index (χ0v) is 13.0. The van der Waals surface area contributed by atoms with Crippen LogP contribution in [-0.2, 0) is 4.79 Å². The van der Waals surface area contributed by atoms with Crippen LogP contribution < -0.4 is 0 Å². The number of hydrogen-bond donors (Lipinski definition) is 1. The fourth-order valence-electron chi connectivity index (χ4n) is 2.45. The molecule has 0 aliphatic heterocycles. The maximum absolute atomic E-state index is 11.0. The summed E-state index contributed by atoms with van der Waals surface area (Å²) in [5, 5.41) is 9.85. The van der Waals surface area contributed by atoms with Crippen LogP contribution in [0.5, 0.6) is 0 Å². The molecule has 0 aromatic heterocycles. The summed E-state index contributed by atoms with van der Waals surface area (Å²) in [6, 6.07) is 6.41. The average Bonchev–Trinajstić information content (AvgIpc) is 3.23. The zero-order chi connectivity index (χ0) is 13.4. The molecule has 1 unspecified atom stereocenters. The van der Waals surface area contributed by atoms with Crippen molar-refractivity contribution in [2.45, 2.75) is 48.2 Å². The molecule has 0 bridgehead atoms. The van der Waals surface area contributed by atoms with Crippen LogP contribution in [0.3, 0.4) is 0 Å². The van der Waals surface area contributed by atoms with E-state index in [2.05, 4.69) is 34.1 Å². The lowest BCUT2D eigenvalue weighted by molar-refractivity contribution is -0.137. The molecule has 4 heteroatoms. The lowest BCUT2D eigenvalue weighted by Crippen LogP contribution is -2.08. The molecule has 0 amide bonds. The van der Waals surface area contributed by atoms with Crippen LogP contribution in [-0.4, -0.2) is 16.3 Å². The molecule has 0 heterocycles. The molecule has 1 N–H and O–H groups in total. The van der Waals surface area contributed by atoms with Crippen molar-refractivity contribution in [2.75, 3.05) is 0 Å². The summed E-state index contributed by atoms with van der Waals surface area (Å²) in [5.41, 5.74) is 1.18. The standard InChI is InChI=1S/C15H17BrO2S/c16-13-7-10(3-6-14(13)19-11-4-5-11)12(8-15(17)18)9-1-2-9/h3,6-7,9,11-12H,1-2,4-5,8H2,(H,17,18). The topological polar surface area (TPSA) is 37.3 Å². The Morgan fingerprint density at radius 1 is 1.37 bits per heavy atom. The number of aliphatic carboxylic acids is 1. The molecule has 1 aromatic rings. The molecule has 2 aliphatic carbocycles. The van der Waals surface area contributed by atoms with Crippen LogP contribution in [0.15, 0.2) is 27.6 Å². The summed E-state index contributed by atoms with van der Waals surface area (Å²) in [7, 11) is 0. The van der Waals surface area contributed by atoms with Gasteiger partial charge in [-0.1, -0.05) is 6.07 Å². The normalized spacial score (nSPS) is 20.3. The molecule has 2 nitrogen and oxygen atoms in total. The smallest absolute Gasteiger partial charge is 0.303 e. The number of carboxylic acid groups (broad SMARTS) is 1. The number of halogens is 1. The third-order valence-electron chi connectivity index (χ3n) is 3.79. The molecule has 102 valence electrons. The zero-order valence-electron chi connectivity index (χ0n) is 10.6. The molecule has 1 atom stereocenters. The van der Waals surface area contributed by atoms with E-state index in [1.807, 2.05) is 11.8 Å². The van der Waals surface area contributed by atoms with Crippen LogP contribution >= 0.6 is 27.7 Å². The summed E-state index contributed by atoms with van der Waals surface area (Å²) in [6.07, 6.45) is 5.25. The molecule has 2 aliphatic rings. The molecular formula is C15H17BrO2S. The van der Waals surface area contributed by atoms with Crippen LogP contribution in [0, 0.1) is 5.92 Å². The van der Waals surface area contributed by atoms with E-state index in [-0.39, 0.29) is 12.3 Å². The first-order chi connectivity index (χ1) is 9.13. The second-order valence-corrected chi connectivity index (χ2v) is 7.75. The third-order valence-corrected chi connectivity index (χ3v) is 6.12. The molecule has 2 saturated carbocycles. The van der Waals surface area contributed by atoms with E-state index in [0.29, 0.717) is 5.92 Å². The van der Waals surface area contributed by atoms with Gasteiger partial charge >= 0.3 is 5.97 Å². The highest BCUT2D eigenvalue weighted by atomic mass is 79.9. The van der Waals surface area contributed by atoms with Gasteiger partial charge in [-0.3, -0.25) is 4.79 Å². The fraction of sp³-hybridized carbons (Fsp3) is 0.533. The van der Waals surface area contributed by atoms with Crippen LogP contribution in [0.4, 0.5) is 0 Å². The first-order valence-corrected chi connectivity index (χ1v) is 8.48. The Bertz CT molecular complexity index is 495. The van der Waals surface area contributed by atoms with Gasteiger partial charge in [0.25, 0.3) is 0 Å². The van der Waals surface area contributed by atoms with Gasteiger partial charge in [-0.2, -0.15) is 0 Å². The quantitative estimate of drug-likeness (QED) is 0.817. The predicted molar refractivity (Wildman–Crippen MR) is 80.7 cm³/mol. The van der Waals surface area contributed by atoms with Gasteiger partial charge in [0.2, 0.25) is 0 Å². The minimum absolute atomic E-state index is 0.189. The Balaban J connectivity index is 1.78. The minimum atomic E-state index is -0.690. The van der Waals surface area contributed by atoms with Gasteiger partial charge in [0.15, 0.2) is 0 Å². The lowest BCUT2D eigenvalue weighted by atomic mass is 9.91. The van der Waals surface area contributed by atoms with E-state index in [9.17, 15) is 4.79 Å². The Morgan fingerprint density at radius 3 is 2.63 bits per heavy atom. The largest absolute Gasteiger partial charge is 0.481 e. The van der Waals surface area contributed by atoms with Gasteiger partial charge in [0, 0.05) is 14.6 Å². The van der Waals surface area contributed by atoms with Crippen molar-refractivity contribution in [1.29, 1.82) is 0 Å². The van der Waals surface area contributed by atoms with Crippen LogP contribution in [0.1, 0.15) is 43.6 Å². The van der Waals surface area contributed by atoms with Crippen molar-refractivity contribution in [3.05, 3.63) is 28.2 Å². The molecule has 3 rings (SSSR count). The summed E-state index contributed by atoms with van der Waals surface area (Å²) in [6.45, 7) is 0. The van der Waals surface area contributed by atoms with Gasteiger partial charge in [-0.15, -0.1) is 11.8 Å². The van der Waals surface area contributed by atoms with Gasteiger partial charge in [0.05, 0.1) is 6.42 Å². The Labute approximate surface area is 126 Å². The van der Waals surface area contributed by atoms with Crippen molar-refractivity contribution in [3.63, 3.8) is 0 Å². The van der Waals surface area contributed by atoms with Gasteiger partial charge in [-0.05, 0) is 71.1 Å². The van der Waals surface area contributed by atoms with Gasteiger partial charge in [-0.25, -0.2) is 0 Å². The summed E-state index contributed by atoms with van der Waals surface area (Å²) in [5.74, 6) is 0.0724. The monoisotopic (exact) mass is 340 g/mol. The second kappa shape index (κ2) is 5.49. The summed E-state index contributed by atoms with van der Waals surface area (Å²) >= 11 is 5.57. The fourth-order valence-corrected chi connectivity index (χ4v) is 4.18. The lowest BCUT2D eigenvalue weighted by Gasteiger charge is -2.16. The van der Waals surface area contributed by atoms with Crippen LogP contribution in [0.25, 0.3) is 0 Å². The first-order valence-electron chi connectivity index (χ1n) is 6.81. The van der Waals surface area contributed by atoms with Gasteiger partial charge < -0.3 is 5.11 Å². The van der Waals surface area contributed by atoms with E-state index in [1.54, 1.807) is 0 Å². The van der Waals surface area contributed by atoms with Crippen molar-refractivity contribution in [2.24, 2.45) is 5.92 Å². The number of benzene rings is 1. The van der Waals surface area contributed by atoms with Crippen molar-refractivity contribution < 1.29 is 9.90 Å². The molecule has 0 saturated heterocycles. The predicted octanol–water partition coefficient (Wildman–Crippen LogP) is 4.67. The SMILES string of the molecule is O=C(O)CC(c1ccc(SC2CC2)c(Br)c1)C1CC1. The summed E-state index contributed by atoms with van der Waals surface area (Å²) in [4.78, 5) is 12.3. The van der Waals surface area contributed by atoms with Crippen molar-refractivity contribution >= 4 is 33.7 Å². The van der Waals surface area contributed by atoms with Crippen LogP contribution in [0.2, 0.25) is 0 Å². The molecule has 1 aromatic carbocycles. The summed E-state index contributed by atoms with van der Waals surface area (Å²) < 4.78 is 1.12. The second-order valence-electron chi connectivity index (χ2n) is 5.55. The molecular weight excluding hydrogens is 324 g/mol.